The van der Waals surface area contributed by atoms with Crippen LogP contribution in [0.25, 0.3) is 43.4 Å². The average molecular weight is 667 g/mol. The predicted molar refractivity (Wildman–Crippen MR) is 215 cm³/mol. The summed E-state index contributed by atoms with van der Waals surface area (Å²) in [5.74, 6) is -0.00213. The van der Waals surface area contributed by atoms with Crippen LogP contribution in [0.15, 0.2) is 192 Å². The summed E-state index contributed by atoms with van der Waals surface area (Å²) in [6, 6.07) is 61.7. The van der Waals surface area contributed by atoms with Crippen LogP contribution < -0.4 is 16.5 Å². The number of rotatable bonds is 6. The number of pyridine rings is 2. The summed E-state index contributed by atoms with van der Waals surface area (Å²) in [7, 11) is 0. The van der Waals surface area contributed by atoms with E-state index in [1.807, 2.05) is 36.3 Å². The van der Waals surface area contributed by atoms with Gasteiger partial charge in [-0.05, 0) is 91.6 Å². The van der Waals surface area contributed by atoms with Crippen LogP contribution in [-0.4, -0.2) is 16.7 Å². The molecule has 1 atom stereocenters. The van der Waals surface area contributed by atoms with Crippen molar-refractivity contribution in [3.63, 3.8) is 0 Å². The first kappa shape index (κ1) is 29.9. The summed E-state index contributed by atoms with van der Waals surface area (Å²) in [5.41, 5.74) is 9.69. The molecule has 3 heterocycles. The molecule has 51 heavy (non-hydrogen) atoms. The van der Waals surface area contributed by atoms with Crippen molar-refractivity contribution in [2.45, 2.75) is 15.7 Å². The van der Waals surface area contributed by atoms with Gasteiger partial charge in [0.05, 0.1) is 11.6 Å². The Morgan fingerprint density at radius 3 is 1.94 bits per heavy atom. The van der Waals surface area contributed by atoms with Crippen molar-refractivity contribution in [3.05, 3.63) is 199 Å². The lowest BCUT2D eigenvalue weighted by Crippen LogP contribution is -2.53. The molecule has 0 bridgehead atoms. The number of hydrogen-bond acceptors (Lipinski definition) is 3. The maximum absolute atomic E-state index is 4.91. The van der Waals surface area contributed by atoms with Crippen molar-refractivity contribution >= 4 is 67.3 Å². The first-order valence-corrected chi connectivity index (χ1v) is 18.3. The molecule has 2 nitrogen and oxygen atoms in total. The monoisotopic (exact) mass is 666 g/mol. The molecule has 0 saturated carbocycles. The molecule has 0 radical (unpaired) electrons. The Balaban J connectivity index is 1.21. The van der Waals surface area contributed by atoms with E-state index in [2.05, 4.69) is 158 Å². The highest BCUT2D eigenvalue weighted by Gasteiger charge is 2.28. The fraction of sp³-hybridized carbons (Fsp3) is 0.0213. The molecule has 1 unspecified atom stereocenters. The zero-order chi connectivity index (χ0) is 33.7. The summed E-state index contributed by atoms with van der Waals surface area (Å²) in [4.78, 5) is 12.3. The highest BCUT2D eigenvalue weighted by Crippen LogP contribution is 2.51. The van der Waals surface area contributed by atoms with Crippen molar-refractivity contribution in [1.82, 2.24) is 9.97 Å². The van der Waals surface area contributed by atoms with Crippen LogP contribution >= 0.6 is 11.8 Å². The van der Waals surface area contributed by atoms with Crippen LogP contribution in [0.2, 0.25) is 0 Å². The lowest BCUT2D eigenvalue weighted by atomic mass is 9.38. The largest absolute Gasteiger partial charge is 0.270 e. The van der Waals surface area contributed by atoms with Crippen LogP contribution in [0.5, 0.6) is 0 Å². The van der Waals surface area contributed by atoms with Crippen molar-refractivity contribution in [3.8, 4) is 11.1 Å². The minimum absolute atomic E-state index is 0.00213. The lowest BCUT2D eigenvalue weighted by molar-refractivity contribution is 0.929. The first-order chi connectivity index (χ1) is 25.3. The zero-order valence-electron chi connectivity index (χ0n) is 27.8. The van der Waals surface area contributed by atoms with Crippen LogP contribution in [0, 0.1) is 0 Å². The minimum Gasteiger partial charge on any atom is -0.270 e. The molecule has 238 valence electrons. The normalized spacial score (nSPS) is 12.5. The van der Waals surface area contributed by atoms with Gasteiger partial charge in [0.15, 0.2) is 0 Å². The van der Waals surface area contributed by atoms with Gasteiger partial charge in [0, 0.05) is 33.2 Å². The second-order valence-electron chi connectivity index (χ2n) is 13.3. The van der Waals surface area contributed by atoms with Crippen molar-refractivity contribution in [2.24, 2.45) is 0 Å². The third-order valence-corrected chi connectivity index (χ3v) is 11.5. The molecule has 7 aromatic carbocycles. The van der Waals surface area contributed by atoms with E-state index in [9.17, 15) is 0 Å². The smallest absolute Gasteiger partial charge is 0.265 e. The Bertz CT molecular complexity index is 2640. The standard InChI is InChI=1S/C47H31BN2S/c1-3-14-31(15-4-1)46(42-21-9-11-26-49-42)40-30-39-37-20-13-22-43-47(37)41(29-38(39)34-18-7-8-19-35(34)40)36-25-24-33(28-44(36)51-43)48(32-16-5-2-6-17-32)45-23-10-12-27-50-45/h1-30,46H. The van der Waals surface area contributed by atoms with Crippen molar-refractivity contribution in [2.75, 3.05) is 0 Å². The minimum atomic E-state index is -0.00213. The van der Waals surface area contributed by atoms with Gasteiger partial charge < -0.3 is 0 Å². The molecule has 0 saturated heterocycles. The van der Waals surface area contributed by atoms with Crippen LogP contribution in [-0.2, 0) is 0 Å². The van der Waals surface area contributed by atoms with Crippen molar-refractivity contribution < 1.29 is 0 Å². The van der Waals surface area contributed by atoms with E-state index in [4.69, 9.17) is 9.97 Å². The topological polar surface area (TPSA) is 25.8 Å². The van der Waals surface area contributed by atoms with Gasteiger partial charge in [-0.25, -0.2) is 0 Å². The van der Waals surface area contributed by atoms with E-state index in [1.54, 1.807) is 0 Å². The van der Waals surface area contributed by atoms with Gasteiger partial charge in [0.1, 0.15) is 0 Å². The Kier molecular flexibility index (Phi) is 7.28. The van der Waals surface area contributed by atoms with E-state index in [-0.39, 0.29) is 12.6 Å². The Hall–Kier alpha value is -5.97. The molecule has 1 aliphatic heterocycles. The number of benzene rings is 7. The number of aromatic nitrogens is 2. The van der Waals surface area contributed by atoms with Crippen LogP contribution in [0.4, 0.5) is 0 Å². The average Bonchev–Trinajstić information content (AvgIpc) is 3.20. The highest BCUT2D eigenvalue weighted by molar-refractivity contribution is 7.99. The molecule has 0 N–H and O–H groups in total. The molecule has 0 amide bonds. The number of hydrogen-bond donors (Lipinski definition) is 0. The quantitative estimate of drug-likeness (QED) is 0.131. The van der Waals surface area contributed by atoms with Gasteiger partial charge in [0.2, 0.25) is 0 Å². The molecule has 10 rings (SSSR count). The molecule has 9 aromatic rings. The maximum Gasteiger partial charge on any atom is 0.265 e. The molecular weight excluding hydrogens is 635 g/mol. The second-order valence-corrected chi connectivity index (χ2v) is 14.3. The van der Waals surface area contributed by atoms with E-state index < -0.39 is 0 Å². The molecule has 0 spiro atoms. The van der Waals surface area contributed by atoms with E-state index >= 15 is 0 Å². The summed E-state index contributed by atoms with van der Waals surface area (Å²) in [5, 5.41) is 7.70. The van der Waals surface area contributed by atoms with E-state index in [0.717, 1.165) is 11.3 Å². The Morgan fingerprint density at radius 2 is 1.16 bits per heavy atom. The Morgan fingerprint density at radius 1 is 0.451 bits per heavy atom. The summed E-state index contributed by atoms with van der Waals surface area (Å²) in [6.07, 6.45) is 3.81. The zero-order valence-corrected chi connectivity index (χ0v) is 28.6. The maximum atomic E-state index is 4.91. The van der Waals surface area contributed by atoms with E-state index in [1.165, 1.54) is 75.3 Å². The SMILES string of the molecule is c1ccc(B(c2ccc3c(c2)Sc2cccc4c2c-3cc2c3ccccc3c(C(c3ccccc3)c3ccccn3)cc42)c2ccccn2)cc1. The van der Waals surface area contributed by atoms with Crippen LogP contribution in [0.1, 0.15) is 22.7 Å². The van der Waals surface area contributed by atoms with E-state index in [0.29, 0.717) is 0 Å². The van der Waals surface area contributed by atoms with Gasteiger partial charge in [0.25, 0.3) is 6.71 Å². The van der Waals surface area contributed by atoms with Crippen LogP contribution in [0.3, 0.4) is 0 Å². The summed E-state index contributed by atoms with van der Waals surface area (Å²) >= 11 is 1.88. The highest BCUT2D eigenvalue weighted by atomic mass is 32.2. The lowest BCUT2D eigenvalue weighted by Gasteiger charge is -2.25. The third kappa shape index (κ3) is 5.06. The number of fused-ring (bicyclic) bond motifs is 6. The predicted octanol–water partition coefficient (Wildman–Crippen LogP) is 9.76. The van der Waals surface area contributed by atoms with Gasteiger partial charge in [-0.2, -0.15) is 0 Å². The second kappa shape index (κ2) is 12.4. The molecule has 2 aromatic heterocycles. The van der Waals surface area contributed by atoms with Gasteiger partial charge in [-0.1, -0.05) is 150 Å². The van der Waals surface area contributed by atoms with Gasteiger partial charge in [-0.3, -0.25) is 9.97 Å². The number of nitrogens with zero attached hydrogens (tertiary/aromatic N) is 2. The summed E-state index contributed by atoms with van der Waals surface area (Å²) < 4.78 is 0. The molecule has 0 aliphatic carbocycles. The van der Waals surface area contributed by atoms with Gasteiger partial charge >= 0.3 is 0 Å². The fourth-order valence-corrected chi connectivity index (χ4v) is 9.35. The Labute approximate surface area is 302 Å². The third-order valence-electron chi connectivity index (χ3n) is 10.4. The first-order valence-electron chi connectivity index (χ1n) is 17.5. The fourth-order valence-electron chi connectivity index (χ4n) is 8.16. The molecule has 4 heteroatoms. The molecule has 1 aliphatic rings. The molecule has 0 fully saturated rings. The van der Waals surface area contributed by atoms with Crippen molar-refractivity contribution in [1.29, 1.82) is 0 Å². The van der Waals surface area contributed by atoms with Gasteiger partial charge in [-0.15, -0.1) is 0 Å². The summed E-state index contributed by atoms with van der Waals surface area (Å²) in [6.45, 7) is 0.0473. The molecular formula is C47H31BN2S.